The van der Waals surface area contributed by atoms with E-state index in [-0.39, 0.29) is 12.1 Å². The molecule has 0 bridgehead atoms. The van der Waals surface area contributed by atoms with Crippen molar-refractivity contribution in [2.75, 3.05) is 20.2 Å². The Kier molecular flexibility index (Phi) is 3.15. The highest BCUT2D eigenvalue weighted by Gasteiger charge is 2.30. The van der Waals surface area contributed by atoms with Crippen molar-refractivity contribution < 1.29 is 5.11 Å². The molecule has 1 saturated heterocycles. The first kappa shape index (κ1) is 9.28. The second-order valence-corrected chi connectivity index (χ2v) is 3.20. The molecule has 1 aliphatic rings. The van der Waals surface area contributed by atoms with Gasteiger partial charge in [0.2, 0.25) is 0 Å². The normalized spacial score (nSPS) is 34.9. The molecule has 0 saturated carbocycles. The van der Waals surface area contributed by atoms with Gasteiger partial charge in [0.05, 0.1) is 12.8 Å². The Bertz CT molecular complexity index is 135. The third kappa shape index (κ3) is 1.86. The average Bonchev–Trinajstić information content (AvgIpc) is 2.17. The minimum Gasteiger partial charge on any atom is -0.395 e. The standard InChI is InChI=1S/C6H15N3OS/c1-5-8(2)7-6(11)9(5)3-4-10/h5-7,10-11H,3-4H2,1-2H3. The van der Waals surface area contributed by atoms with Crippen molar-refractivity contribution in [1.29, 1.82) is 0 Å². The molecule has 66 valence electrons. The third-order valence-electron chi connectivity index (χ3n) is 2.03. The summed E-state index contributed by atoms with van der Waals surface area (Å²) in [6, 6.07) is 0. The van der Waals surface area contributed by atoms with E-state index in [1.807, 2.05) is 12.1 Å². The molecular weight excluding hydrogens is 162 g/mol. The van der Waals surface area contributed by atoms with Crippen LogP contribution in [0.2, 0.25) is 0 Å². The molecule has 11 heavy (non-hydrogen) atoms. The van der Waals surface area contributed by atoms with Crippen LogP contribution >= 0.6 is 12.6 Å². The minimum atomic E-state index is 0.0298. The summed E-state index contributed by atoms with van der Waals surface area (Å²) in [6.45, 7) is 2.91. The maximum Gasteiger partial charge on any atom is 0.119 e. The van der Waals surface area contributed by atoms with Gasteiger partial charge in [-0.3, -0.25) is 4.90 Å². The highest BCUT2D eigenvalue weighted by atomic mass is 32.1. The number of hydrazine groups is 1. The number of nitrogens with zero attached hydrogens (tertiary/aromatic N) is 2. The molecule has 0 aromatic carbocycles. The lowest BCUT2D eigenvalue weighted by Gasteiger charge is -2.23. The lowest BCUT2D eigenvalue weighted by atomic mass is 10.4. The van der Waals surface area contributed by atoms with Gasteiger partial charge in [-0.2, -0.15) is 0 Å². The summed E-state index contributed by atoms with van der Waals surface area (Å²) in [5.74, 6) is 0. The van der Waals surface area contributed by atoms with Crippen molar-refractivity contribution in [2.24, 2.45) is 0 Å². The molecule has 4 nitrogen and oxygen atoms in total. The number of hydrogen-bond donors (Lipinski definition) is 3. The number of hydrogen-bond acceptors (Lipinski definition) is 5. The van der Waals surface area contributed by atoms with Crippen LogP contribution in [0.1, 0.15) is 6.92 Å². The van der Waals surface area contributed by atoms with Gasteiger partial charge in [-0.05, 0) is 6.92 Å². The summed E-state index contributed by atoms with van der Waals surface area (Å²) < 4.78 is 0. The average molecular weight is 177 g/mol. The van der Waals surface area contributed by atoms with Gasteiger partial charge in [0.1, 0.15) is 5.50 Å². The Balaban J connectivity index is 2.49. The zero-order valence-corrected chi connectivity index (χ0v) is 7.75. The topological polar surface area (TPSA) is 38.7 Å². The first-order valence-corrected chi connectivity index (χ1v) is 4.22. The van der Waals surface area contributed by atoms with Gasteiger partial charge in [0, 0.05) is 13.6 Å². The van der Waals surface area contributed by atoms with Gasteiger partial charge in [-0.15, -0.1) is 12.6 Å². The second kappa shape index (κ2) is 3.73. The summed E-state index contributed by atoms with van der Waals surface area (Å²) in [5.41, 5.74) is 3.14. The van der Waals surface area contributed by atoms with Crippen LogP contribution in [0.15, 0.2) is 0 Å². The lowest BCUT2D eigenvalue weighted by molar-refractivity contribution is 0.133. The van der Waals surface area contributed by atoms with Gasteiger partial charge >= 0.3 is 0 Å². The van der Waals surface area contributed by atoms with Crippen LogP contribution in [-0.4, -0.2) is 46.9 Å². The van der Waals surface area contributed by atoms with E-state index in [4.69, 9.17) is 5.11 Å². The lowest BCUT2D eigenvalue weighted by Crippen LogP contribution is -2.37. The van der Waals surface area contributed by atoms with Crippen LogP contribution in [-0.2, 0) is 0 Å². The monoisotopic (exact) mass is 177 g/mol. The van der Waals surface area contributed by atoms with Crippen LogP contribution < -0.4 is 5.43 Å². The zero-order chi connectivity index (χ0) is 8.43. The van der Waals surface area contributed by atoms with E-state index in [1.165, 1.54) is 0 Å². The number of rotatable bonds is 2. The summed E-state index contributed by atoms with van der Waals surface area (Å²) >= 11 is 4.30. The molecule has 2 N–H and O–H groups in total. The molecule has 0 radical (unpaired) electrons. The summed E-state index contributed by atoms with van der Waals surface area (Å²) in [4.78, 5) is 2.07. The molecule has 0 aromatic heterocycles. The van der Waals surface area contributed by atoms with Crippen LogP contribution in [0.5, 0.6) is 0 Å². The van der Waals surface area contributed by atoms with E-state index in [2.05, 4.69) is 29.9 Å². The van der Waals surface area contributed by atoms with Crippen molar-refractivity contribution in [3.63, 3.8) is 0 Å². The van der Waals surface area contributed by atoms with Crippen molar-refractivity contribution in [2.45, 2.75) is 18.6 Å². The van der Waals surface area contributed by atoms with E-state index in [0.29, 0.717) is 12.7 Å². The Hall–Kier alpha value is 0.190. The predicted molar refractivity (Wildman–Crippen MR) is 46.9 cm³/mol. The zero-order valence-electron chi connectivity index (χ0n) is 6.86. The molecule has 2 unspecified atom stereocenters. The van der Waals surface area contributed by atoms with E-state index >= 15 is 0 Å². The largest absolute Gasteiger partial charge is 0.395 e. The van der Waals surface area contributed by atoms with Crippen molar-refractivity contribution in [3.05, 3.63) is 0 Å². The maximum absolute atomic E-state index is 8.73. The molecule has 0 amide bonds. The SMILES string of the molecule is CC1N(C)NC(S)N1CCO. The molecule has 5 heteroatoms. The summed E-state index contributed by atoms with van der Waals surface area (Å²) in [5, 5.41) is 10.7. The van der Waals surface area contributed by atoms with Crippen LogP contribution in [0.25, 0.3) is 0 Å². The fraction of sp³-hybridized carbons (Fsp3) is 1.00. The van der Waals surface area contributed by atoms with E-state index in [1.54, 1.807) is 0 Å². The first-order valence-electron chi connectivity index (χ1n) is 3.70. The smallest absolute Gasteiger partial charge is 0.119 e. The number of nitrogens with one attached hydrogen (secondary N) is 1. The molecule has 1 fully saturated rings. The van der Waals surface area contributed by atoms with Gasteiger partial charge in [-0.25, -0.2) is 10.4 Å². The predicted octanol–water partition coefficient (Wildman–Crippen LogP) is -0.710. The number of thiol groups is 1. The van der Waals surface area contributed by atoms with Gasteiger partial charge in [0.25, 0.3) is 0 Å². The van der Waals surface area contributed by atoms with Crippen molar-refractivity contribution in [1.82, 2.24) is 15.3 Å². The molecule has 0 spiro atoms. The quantitative estimate of drug-likeness (QED) is 0.487. The fourth-order valence-electron chi connectivity index (χ4n) is 1.22. The molecule has 2 atom stereocenters. The number of aliphatic hydroxyl groups excluding tert-OH is 1. The van der Waals surface area contributed by atoms with Crippen molar-refractivity contribution in [3.8, 4) is 0 Å². The van der Waals surface area contributed by atoms with Gasteiger partial charge < -0.3 is 5.11 Å². The van der Waals surface area contributed by atoms with Crippen molar-refractivity contribution >= 4 is 12.6 Å². The van der Waals surface area contributed by atoms with Crippen LogP contribution in [0.3, 0.4) is 0 Å². The Morgan fingerprint density at radius 3 is 2.64 bits per heavy atom. The Labute approximate surface area is 72.5 Å². The molecule has 0 aliphatic carbocycles. The van der Waals surface area contributed by atoms with Gasteiger partial charge in [0.15, 0.2) is 0 Å². The van der Waals surface area contributed by atoms with E-state index < -0.39 is 0 Å². The molecule has 1 aliphatic heterocycles. The Morgan fingerprint density at radius 2 is 2.27 bits per heavy atom. The molecular formula is C6H15N3OS. The fourth-order valence-corrected chi connectivity index (χ4v) is 1.71. The van der Waals surface area contributed by atoms with Gasteiger partial charge in [-0.1, -0.05) is 0 Å². The van der Waals surface area contributed by atoms with Crippen LogP contribution in [0.4, 0.5) is 0 Å². The molecule has 1 rings (SSSR count). The third-order valence-corrected chi connectivity index (χ3v) is 2.44. The highest BCUT2D eigenvalue weighted by molar-refractivity contribution is 7.80. The van der Waals surface area contributed by atoms with E-state index in [0.717, 1.165) is 0 Å². The maximum atomic E-state index is 8.73. The number of β-amino-alcohol motifs (C(OH)–C–C–N with tert-alkyl or cyclic N) is 1. The van der Waals surface area contributed by atoms with E-state index in [9.17, 15) is 0 Å². The summed E-state index contributed by atoms with van der Waals surface area (Å²) in [6.07, 6.45) is 0.296. The minimum absolute atomic E-state index is 0.0298. The second-order valence-electron chi connectivity index (χ2n) is 2.71. The van der Waals surface area contributed by atoms with Crippen LogP contribution in [0, 0.1) is 0 Å². The number of aliphatic hydroxyl groups is 1. The molecule has 1 heterocycles. The summed E-state index contributed by atoms with van der Waals surface area (Å²) in [7, 11) is 1.96. The Morgan fingerprint density at radius 1 is 1.64 bits per heavy atom. The molecule has 0 aromatic rings. The first-order chi connectivity index (χ1) is 5.16. The highest BCUT2D eigenvalue weighted by Crippen LogP contribution is 2.15.